The standard InChI is InChI=1S/C39H51IN4O6/c1-26(2)34-42-31(22-49-34)29-10-19-41-33(21-29)44(35(45)28-8-17-40(18-9-28)50-36(46)43-23-37(4,47)24-43)25-38-11-14-39(15-12-38,16-13-38)30-6-7-32(48-5)27(3)20-30/h6-7,10,19-22,26,28,47H,8-9,11-18,23-25H2,1-5H3. The van der Waals surface area contributed by atoms with Crippen LogP contribution < -0.4 is 9.64 Å². The summed E-state index contributed by atoms with van der Waals surface area (Å²) in [6.45, 7) is 9.25. The molecule has 1 N–H and O–H groups in total. The predicted molar refractivity (Wildman–Crippen MR) is 201 cm³/mol. The number of oxazole rings is 1. The van der Waals surface area contributed by atoms with Crippen molar-refractivity contribution in [2.24, 2.45) is 11.3 Å². The van der Waals surface area contributed by atoms with E-state index in [0.717, 1.165) is 77.2 Å². The van der Waals surface area contributed by atoms with Crippen LogP contribution in [0.25, 0.3) is 11.3 Å². The molecule has 2 aliphatic heterocycles. The Morgan fingerprint density at radius 1 is 1.08 bits per heavy atom. The molecule has 2 amide bonds. The molecule has 0 spiro atoms. The maximum atomic E-state index is 14.6. The van der Waals surface area contributed by atoms with Crippen molar-refractivity contribution < 1.29 is 26.9 Å². The van der Waals surface area contributed by atoms with Gasteiger partial charge in [-0.05, 0) is 18.6 Å². The Balaban J connectivity index is 1.09. The van der Waals surface area contributed by atoms with Crippen molar-refractivity contribution in [3.8, 4) is 17.0 Å². The molecule has 0 unspecified atom stereocenters. The fourth-order valence-electron chi connectivity index (χ4n) is 8.50. The molecule has 50 heavy (non-hydrogen) atoms. The van der Waals surface area contributed by atoms with Gasteiger partial charge >= 0.3 is 254 Å². The zero-order valence-electron chi connectivity index (χ0n) is 30.0. The molecule has 10 nitrogen and oxygen atoms in total. The van der Waals surface area contributed by atoms with Crippen molar-refractivity contribution in [3.05, 3.63) is 59.8 Å². The number of fused-ring (bicyclic) bond motifs is 3. The van der Waals surface area contributed by atoms with Gasteiger partial charge in [0.2, 0.25) is 0 Å². The number of aryl methyl sites for hydroxylation is 1. The molecule has 2 bridgehead atoms. The van der Waals surface area contributed by atoms with Crippen LogP contribution in [-0.2, 0) is 13.3 Å². The van der Waals surface area contributed by atoms with E-state index in [2.05, 4.69) is 39.0 Å². The summed E-state index contributed by atoms with van der Waals surface area (Å²) in [5.41, 5.74) is 3.63. The van der Waals surface area contributed by atoms with Crippen molar-refractivity contribution in [3.63, 3.8) is 0 Å². The summed E-state index contributed by atoms with van der Waals surface area (Å²) in [5.74, 6) is 2.45. The number of β-amino-alcohol motifs (C(OH)–C–C–N with tert-alkyl or cyclic N) is 1. The second kappa shape index (κ2) is 13.7. The Labute approximate surface area is 303 Å². The average Bonchev–Trinajstić information content (AvgIpc) is 3.62. The van der Waals surface area contributed by atoms with Crippen LogP contribution >= 0.6 is 20.2 Å². The smallest absolute Gasteiger partial charge is 0.0361 e. The average molecular weight is 799 g/mol. The molecule has 4 heterocycles. The summed E-state index contributed by atoms with van der Waals surface area (Å²) in [4.78, 5) is 40.4. The van der Waals surface area contributed by atoms with Crippen LogP contribution in [0.1, 0.15) is 95.1 Å². The predicted octanol–water partition coefficient (Wildman–Crippen LogP) is 7.84. The first-order valence-electron chi connectivity index (χ1n) is 18.1. The van der Waals surface area contributed by atoms with Crippen molar-refractivity contribution in [1.29, 1.82) is 0 Å². The molecule has 1 aromatic carbocycles. The second-order valence-corrected chi connectivity index (χ2v) is 20.7. The number of aliphatic hydroxyl groups is 1. The Kier molecular flexibility index (Phi) is 9.68. The number of halogens is 1. The number of ether oxygens (including phenoxy) is 1. The van der Waals surface area contributed by atoms with Crippen molar-refractivity contribution in [1.82, 2.24) is 14.9 Å². The fraction of sp³-hybridized carbons (Fsp3) is 0.590. The van der Waals surface area contributed by atoms with Crippen LogP contribution in [0.4, 0.5) is 10.6 Å². The number of rotatable bonds is 9. The van der Waals surface area contributed by atoms with Gasteiger partial charge in [-0.3, -0.25) is 0 Å². The number of hydrogen-bond donors (Lipinski definition) is 1. The number of amides is 2. The molecule has 0 atom stereocenters. The molecular weight excluding hydrogens is 747 g/mol. The van der Waals surface area contributed by atoms with E-state index in [4.69, 9.17) is 22.2 Å². The number of methoxy groups -OCH3 is 1. The van der Waals surface area contributed by atoms with Crippen molar-refractivity contribution in [2.45, 2.75) is 96.0 Å². The van der Waals surface area contributed by atoms with Gasteiger partial charge in [0.25, 0.3) is 0 Å². The molecule has 3 aliphatic carbocycles. The zero-order chi connectivity index (χ0) is 35.3. The minimum atomic E-state index is -1.99. The molecule has 8 rings (SSSR count). The normalized spacial score (nSPS) is 25.3. The third kappa shape index (κ3) is 7.00. The van der Waals surface area contributed by atoms with Gasteiger partial charge < -0.3 is 4.74 Å². The summed E-state index contributed by atoms with van der Waals surface area (Å²) in [6, 6.07) is 10.6. The van der Waals surface area contributed by atoms with E-state index in [1.54, 1.807) is 31.4 Å². The molecule has 2 saturated heterocycles. The van der Waals surface area contributed by atoms with E-state index in [1.165, 1.54) is 11.1 Å². The third-order valence-electron chi connectivity index (χ3n) is 11.7. The van der Waals surface area contributed by atoms with Gasteiger partial charge in [-0.2, -0.15) is 0 Å². The van der Waals surface area contributed by atoms with E-state index >= 15 is 0 Å². The first kappa shape index (κ1) is 35.2. The van der Waals surface area contributed by atoms with E-state index in [9.17, 15) is 14.7 Å². The number of carbonyl (C=O) groups excluding carboxylic acids is 2. The maximum absolute atomic E-state index is 14.6. The molecule has 3 saturated carbocycles. The number of aromatic nitrogens is 2. The SMILES string of the molecule is COc1ccc(C23CCC(CN(C(=O)C4CCI(OC(=O)N5CC(C)(O)C5)CC4)c4cc(-c5coc(C(C)C)n5)ccn4)(CC2)CC3)cc1C. The summed E-state index contributed by atoms with van der Waals surface area (Å²) in [7, 11) is 1.73. The Bertz CT molecular complexity index is 1700. The first-order valence-corrected chi connectivity index (χ1v) is 22.0. The van der Waals surface area contributed by atoms with Crippen LogP contribution in [0.15, 0.2) is 47.2 Å². The Morgan fingerprint density at radius 3 is 2.38 bits per heavy atom. The Morgan fingerprint density at radius 2 is 1.78 bits per heavy atom. The van der Waals surface area contributed by atoms with Crippen LogP contribution in [0.5, 0.6) is 5.75 Å². The Hall–Kier alpha value is -3.19. The van der Waals surface area contributed by atoms with Gasteiger partial charge in [0, 0.05) is 0 Å². The second-order valence-electron chi connectivity index (χ2n) is 15.8. The first-order chi connectivity index (χ1) is 23.9. The third-order valence-corrected chi connectivity index (χ3v) is 16.3. The zero-order valence-corrected chi connectivity index (χ0v) is 32.2. The van der Waals surface area contributed by atoms with Crippen LogP contribution in [-0.4, -0.2) is 73.2 Å². The van der Waals surface area contributed by atoms with Gasteiger partial charge in [-0.25, -0.2) is 0 Å². The minimum Gasteiger partial charge on any atom is -0.0361 e. The number of carbonyl (C=O) groups is 2. The minimum absolute atomic E-state index is 0.0380. The fourth-order valence-corrected chi connectivity index (χ4v) is 13.2. The van der Waals surface area contributed by atoms with Crippen molar-refractivity contribution >= 4 is 38.1 Å². The van der Waals surface area contributed by atoms with Gasteiger partial charge in [0.05, 0.1) is 7.11 Å². The molecule has 0 radical (unpaired) electrons. The molecule has 5 fully saturated rings. The van der Waals surface area contributed by atoms with Gasteiger partial charge in [0.15, 0.2) is 0 Å². The molecule has 3 aromatic rings. The molecule has 5 aliphatic rings. The molecule has 2 aromatic heterocycles. The number of hydrogen-bond acceptors (Lipinski definition) is 8. The summed E-state index contributed by atoms with van der Waals surface area (Å²) in [6.07, 6.45) is 11.2. The molecule has 11 heteroatoms. The van der Waals surface area contributed by atoms with E-state index in [0.29, 0.717) is 31.3 Å². The van der Waals surface area contributed by atoms with Crippen LogP contribution in [0, 0.1) is 18.3 Å². The molecular formula is C39H51IN4O6. The summed E-state index contributed by atoms with van der Waals surface area (Å²) in [5, 5.41) is 10.0. The van der Waals surface area contributed by atoms with Crippen LogP contribution in [0.3, 0.4) is 0 Å². The van der Waals surface area contributed by atoms with E-state index in [1.807, 2.05) is 17.0 Å². The van der Waals surface area contributed by atoms with Gasteiger partial charge in [-0.15, -0.1) is 0 Å². The van der Waals surface area contributed by atoms with Gasteiger partial charge in [-0.1, -0.05) is 13.8 Å². The molecule has 270 valence electrons. The monoisotopic (exact) mass is 798 g/mol. The number of nitrogens with zero attached hydrogens (tertiary/aromatic N) is 4. The quantitative estimate of drug-likeness (QED) is 0.172. The van der Waals surface area contributed by atoms with E-state index in [-0.39, 0.29) is 34.7 Å². The van der Waals surface area contributed by atoms with Gasteiger partial charge in [0.1, 0.15) is 5.75 Å². The topological polar surface area (TPSA) is 118 Å². The number of anilines is 1. The van der Waals surface area contributed by atoms with Crippen LogP contribution in [0.2, 0.25) is 0 Å². The van der Waals surface area contributed by atoms with E-state index < -0.39 is 25.8 Å². The summed E-state index contributed by atoms with van der Waals surface area (Å²) < 4.78 is 18.8. The number of alkyl halides is 2. The van der Waals surface area contributed by atoms with Crippen molar-refractivity contribution in [2.75, 3.05) is 40.5 Å². The number of pyridine rings is 1. The number of benzene rings is 1. The summed E-state index contributed by atoms with van der Waals surface area (Å²) >= 11 is -1.99. The number of likely N-dealkylation sites (tertiary alicyclic amines) is 1.